The van der Waals surface area contributed by atoms with E-state index in [1.54, 1.807) is 35.4 Å². The van der Waals surface area contributed by atoms with E-state index >= 15 is 0 Å². The highest BCUT2D eigenvalue weighted by Crippen LogP contribution is 2.22. The molecule has 0 atom stereocenters. The van der Waals surface area contributed by atoms with E-state index in [2.05, 4.69) is 41.2 Å². The van der Waals surface area contributed by atoms with Gasteiger partial charge in [-0.05, 0) is 34.1 Å². The molecule has 9 heteroatoms. The van der Waals surface area contributed by atoms with Crippen molar-refractivity contribution in [1.29, 1.82) is 0 Å². The van der Waals surface area contributed by atoms with Crippen LogP contribution >= 0.6 is 15.9 Å². The van der Waals surface area contributed by atoms with Crippen molar-refractivity contribution in [3.8, 4) is 5.95 Å². The summed E-state index contributed by atoms with van der Waals surface area (Å²) in [7, 11) is 0. The number of imidazole rings is 1. The van der Waals surface area contributed by atoms with E-state index in [9.17, 15) is 4.39 Å². The Hall–Kier alpha value is -2.55. The lowest BCUT2D eigenvalue weighted by atomic mass is 10.3. The molecule has 0 amide bonds. The molecule has 3 rings (SSSR count). The first-order chi connectivity index (χ1) is 10.1. The molecule has 0 saturated carbocycles. The number of benzene rings is 1. The molecule has 0 saturated heterocycles. The molecule has 0 spiro atoms. The molecule has 7 nitrogen and oxygen atoms in total. The predicted molar refractivity (Wildman–Crippen MR) is 78.7 cm³/mol. The average molecular weight is 350 g/mol. The number of rotatable bonds is 3. The number of anilines is 3. The van der Waals surface area contributed by atoms with Crippen molar-refractivity contribution < 1.29 is 4.39 Å². The summed E-state index contributed by atoms with van der Waals surface area (Å²) in [5, 5.41) is 2.94. The zero-order valence-corrected chi connectivity index (χ0v) is 12.1. The number of hydrogen-bond acceptors (Lipinski definition) is 6. The third kappa shape index (κ3) is 2.97. The molecule has 106 valence electrons. The van der Waals surface area contributed by atoms with Gasteiger partial charge >= 0.3 is 0 Å². The van der Waals surface area contributed by atoms with E-state index in [0.29, 0.717) is 16.1 Å². The van der Waals surface area contributed by atoms with Gasteiger partial charge in [-0.1, -0.05) is 0 Å². The lowest BCUT2D eigenvalue weighted by Gasteiger charge is -2.08. The molecular formula is C12H9BrFN7. The quantitative estimate of drug-likeness (QED) is 0.753. The number of nitrogens with zero attached hydrogens (tertiary/aromatic N) is 5. The van der Waals surface area contributed by atoms with Crippen LogP contribution in [0.25, 0.3) is 5.95 Å². The fraction of sp³-hybridized carbons (Fsp3) is 0. The lowest BCUT2D eigenvalue weighted by Crippen LogP contribution is -2.08. The Morgan fingerprint density at radius 2 is 2.10 bits per heavy atom. The molecule has 2 heterocycles. The largest absolute Gasteiger partial charge is 0.368 e. The van der Waals surface area contributed by atoms with Gasteiger partial charge in [0, 0.05) is 18.1 Å². The fourth-order valence-corrected chi connectivity index (χ4v) is 2.01. The van der Waals surface area contributed by atoms with Gasteiger partial charge in [-0.25, -0.2) is 9.37 Å². The highest BCUT2D eigenvalue weighted by atomic mass is 79.9. The summed E-state index contributed by atoms with van der Waals surface area (Å²) < 4.78 is 15.1. The highest BCUT2D eigenvalue weighted by molar-refractivity contribution is 9.10. The van der Waals surface area contributed by atoms with Crippen LogP contribution in [0.5, 0.6) is 0 Å². The average Bonchev–Trinajstić information content (AvgIpc) is 2.96. The van der Waals surface area contributed by atoms with E-state index in [1.807, 2.05) is 0 Å². The van der Waals surface area contributed by atoms with Crippen molar-refractivity contribution in [3.63, 3.8) is 0 Å². The molecule has 0 aliphatic carbocycles. The zero-order chi connectivity index (χ0) is 14.8. The van der Waals surface area contributed by atoms with Gasteiger partial charge in [0.1, 0.15) is 12.1 Å². The molecule has 1 aromatic carbocycles. The Bertz CT molecular complexity index is 775. The molecule has 0 fully saturated rings. The molecule has 3 N–H and O–H groups in total. The zero-order valence-electron chi connectivity index (χ0n) is 10.5. The maximum atomic E-state index is 13.2. The summed E-state index contributed by atoms with van der Waals surface area (Å²) in [5.74, 6) is 0.306. The van der Waals surface area contributed by atoms with Crippen molar-refractivity contribution in [2.45, 2.75) is 0 Å². The topological polar surface area (TPSA) is 94.5 Å². The Kier molecular flexibility index (Phi) is 3.48. The monoisotopic (exact) mass is 349 g/mol. The van der Waals surface area contributed by atoms with E-state index < -0.39 is 0 Å². The maximum absolute atomic E-state index is 13.2. The van der Waals surface area contributed by atoms with E-state index in [-0.39, 0.29) is 17.7 Å². The van der Waals surface area contributed by atoms with Gasteiger partial charge in [-0.2, -0.15) is 15.0 Å². The van der Waals surface area contributed by atoms with Gasteiger partial charge in [0.2, 0.25) is 17.8 Å². The number of halogens is 2. The molecule has 0 radical (unpaired) electrons. The third-order valence-corrected chi connectivity index (χ3v) is 3.16. The second-order valence-corrected chi connectivity index (χ2v) is 4.90. The number of nitrogens with two attached hydrogens (primary N) is 1. The van der Waals surface area contributed by atoms with Gasteiger partial charge in [0.25, 0.3) is 0 Å². The lowest BCUT2D eigenvalue weighted by molar-refractivity contribution is 0.621. The highest BCUT2D eigenvalue weighted by Gasteiger charge is 2.07. The first-order valence-corrected chi connectivity index (χ1v) is 6.63. The van der Waals surface area contributed by atoms with Crippen molar-refractivity contribution in [3.05, 3.63) is 47.2 Å². The van der Waals surface area contributed by atoms with Crippen LogP contribution in [0.4, 0.5) is 22.0 Å². The number of nitrogen functional groups attached to an aromatic ring is 1. The minimum Gasteiger partial charge on any atom is -0.368 e. The second kappa shape index (κ2) is 5.44. The molecule has 2 aromatic heterocycles. The molecular weight excluding hydrogens is 341 g/mol. The summed E-state index contributed by atoms with van der Waals surface area (Å²) in [5.41, 5.74) is 6.28. The number of aromatic nitrogens is 5. The Morgan fingerprint density at radius 1 is 1.24 bits per heavy atom. The molecule has 0 bridgehead atoms. The smallest absolute Gasteiger partial charge is 0.241 e. The van der Waals surface area contributed by atoms with Crippen LogP contribution in [0.15, 0.2) is 41.4 Å². The fourth-order valence-electron chi connectivity index (χ4n) is 1.63. The summed E-state index contributed by atoms with van der Waals surface area (Å²) in [6.07, 6.45) is 4.84. The van der Waals surface area contributed by atoms with Gasteiger partial charge in [-0.3, -0.25) is 4.57 Å². The first kappa shape index (κ1) is 13.4. The Morgan fingerprint density at radius 3 is 2.81 bits per heavy atom. The second-order valence-electron chi connectivity index (χ2n) is 4.04. The van der Waals surface area contributed by atoms with Gasteiger partial charge in [0.05, 0.1) is 4.47 Å². The van der Waals surface area contributed by atoms with Crippen LogP contribution in [0, 0.1) is 5.82 Å². The van der Waals surface area contributed by atoms with Crippen LogP contribution in [0.3, 0.4) is 0 Å². The summed E-state index contributed by atoms with van der Waals surface area (Å²) in [6.45, 7) is 0. The summed E-state index contributed by atoms with van der Waals surface area (Å²) >= 11 is 3.11. The minimum absolute atomic E-state index is 0.0670. The standard InChI is InChI=1S/C12H9BrFN7/c13-8-5-7(1-2-9(8)14)17-11-18-10(15)19-12(20-11)21-4-3-16-6-21/h1-6H,(H3,15,17,18,19,20). The molecule has 3 aromatic rings. The normalized spacial score (nSPS) is 10.6. The summed E-state index contributed by atoms with van der Waals surface area (Å²) in [6, 6.07) is 4.47. The van der Waals surface area contributed by atoms with Crippen molar-refractivity contribution in [2.24, 2.45) is 0 Å². The number of hydrogen-bond donors (Lipinski definition) is 2. The molecule has 0 aliphatic rings. The first-order valence-electron chi connectivity index (χ1n) is 5.84. The Labute approximate surface area is 127 Å². The molecule has 21 heavy (non-hydrogen) atoms. The van der Waals surface area contributed by atoms with Gasteiger partial charge in [0.15, 0.2) is 0 Å². The maximum Gasteiger partial charge on any atom is 0.241 e. The minimum atomic E-state index is -0.352. The summed E-state index contributed by atoms with van der Waals surface area (Å²) in [4.78, 5) is 16.2. The van der Waals surface area contributed by atoms with E-state index in [0.717, 1.165) is 0 Å². The van der Waals surface area contributed by atoms with Crippen molar-refractivity contribution in [2.75, 3.05) is 11.1 Å². The predicted octanol–water partition coefficient (Wildman–Crippen LogP) is 2.28. The van der Waals surface area contributed by atoms with Crippen LogP contribution < -0.4 is 11.1 Å². The van der Waals surface area contributed by atoms with Crippen molar-refractivity contribution in [1.82, 2.24) is 24.5 Å². The van der Waals surface area contributed by atoms with Crippen LogP contribution in [0.2, 0.25) is 0 Å². The van der Waals surface area contributed by atoms with Gasteiger partial charge < -0.3 is 11.1 Å². The SMILES string of the molecule is Nc1nc(Nc2ccc(F)c(Br)c2)nc(-n2ccnc2)n1. The van der Waals surface area contributed by atoms with Crippen LogP contribution in [-0.4, -0.2) is 24.5 Å². The Balaban J connectivity index is 1.93. The van der Waals surface area contributed by atoms with Crippen molar-refractivity contribution >= 4 is 33.5 Å². The molecule has 0 aliphatic heterocycles. The van der Waals surface area contributed by atoms with E-state index in [4.69, 9.17) is 5.73 Å². The number of nitrogens with one attached hydrogen (secondary N) is 1. The third-order valence-electron chi connectivity index (χ3n) is 2.55. The molecule has 0 unspecified atom stereocenters. The van der Waals surface area contributed by atoms with Crippen LogP contribution in [-0.2, 0) is 0 Å². The van der Waals surface area contributed by atoms with Gasteiger partial charge in [-0.15, -0.1) is 0 Å². The van der Waals surface area contributed by atoms with E-state index in [1.165, 1.54) is 6.07 Å². The van der Waals surface area contributed by atoms with Crippen LogP contribution in [0.1, 0.15) is 0 Å².